The molecule has 32 heavy (non-hydrogen) atoms. The van der Waals surface area contributed by atoms with E-state index in [9.17, 15) is 13.2 Å². The van der Waals surface area contributed by atoms with Crippen LogP contribution in [0, 0.1) is 20.8 Å². The molecule has 1 aromatic carbocycles. The van der Waals surface area contributed by atoms with Crippen LogP contribution in [0.15, 0.2) is 62.1 Å². The Kier molecular flexibility index (Phi) is 6.09. The Morgan fingerprint density at radius 3 is 2.62 bits per heavy atom. The molecule has 0 bridgehead atoms. The number of aromatic nitrogens is 3. The van der Waals surface area contributed by atoms with Gasteiger partial charge in [-0.3, -0.25) is 4.79 Å². The zero-order valence-electron chi connectivity index (χ0n) is 17.8. The van der Waals surface area contributed by atoms with Gasteiger partial charge in [0, 0.05) is 23.1 Å². The highest BCUT2D eigenvalue weighted by Gasteiger charge is 2.19. The van der Waals surface area contributed by atoms with Crippen molar-refractivity contribution in [1.82, 2.24) is 19.7 Å². The summed E-state index contributed by atoms with van der Waals surface area (Å²) < 4.78 is 35.0. The lowest BCUT2D eigenvalue weighted by Gasteiger charge is -2.12. The van der Waals surface area contributed by atoms with E-state index in [-0.39, 0.29) is 10.5 Å². The fraction of sp³-hybridized carbons (Fsp3) is 0.227. The Balaban J connectivity index is 1.67. The van der Waals surface area contributed by atoms with Crippen LogP contribution in [0.5, 0.6) is 0 Å². The van der Waals surface area contributed by atoms with Gasteiger partial charge in [0.2, 0.25) is 10.0 Å². The highest BCUT2D eigenvalue weighted by Crippen LogP contribution is 2.24. The third-order valence-electron chi connectivity index (χ3n) is 5.02. The van der Waals surface area contributed by atoms with Gasteiger partial charge in [-0.2, -0.15) is 9.78 Å². The topological polar surface area (TPSA) is 107 Å². The number of thiophene rings is 1. The maximum atomic E-state index is 13.0. The van der Waals surface area contributed by atoms with Gasteiger partial charge in [-0.05, 0) is 56.3 Å². The number of aryl methyl sites for hydroxylation is 3. The molecule has 0 amide bonds. The van der Waals surface area contributed by atoms with Crippen LogP contribution < -0.4 is 10.3 Å². The van der Waals surface area contributed by atoms with Gasteiger partial charge >= 0.3 is 0 Å². The summed E-state index contributed by atoms with van der Waals surface area (Å²) in [5.41, 5.74) is 2.34. The van der Waals surface area contributed by atoms with E-state index in [1.807, 2.05) is 17.5 Å². The maximum absolute atomic E-state index is 13.0. The molecule has 0 atom stereocenters. The van der Waals surface area contributed by atoms with Crippen molar-refractivity contribution in [3.8, 4) is 16.9 Å². The zero-order valence-corrected chi connectivity index (χ0v) is 19.5. The number of nitrogens with zero attached hydrogens (tertiary/aromatic N) is 3. The Morgan fingerprint density at radius 1 is 1.12 bits per heavy atom. The minimum absolute atomic E-state index is 0.179. The van der Waals surface area contributed by atoms with Crippen molar-refractivity contribution in [3.63, 3.8) is 0 Å². The molecule has 1 N–H and O–H groups in total. The van der Waals surface area contributed by atoms with Crippen LogP contribution in [0.4, 0.5) is 0 Å². The summed E-state index contributed by atoms with van der Waals surface area (Å²) >= 11 is 1.59. The van der Waals surface area contributed by atoms with Gasteiger partial charge in [-0.25, -0.2) is 13.1 Å². The SMILES string of the molecule is Cc1ccc(-c2ccc(=O)n(-c3c(C)noc3C)n2)cc1S(=O)(=O)NCCc1cccs1. The van der Waals surface area contributed by atoms with E-state index in [0.717, 1.165) is 4.88 Å². The molecule has 3 heterocycles. The second kappa shape index (κ2) is 8.81. The van der Waals surface area contributed by atoms with Crippen molar-refractivity contribution in [2.45, 2.75) is 32.1 Å². The van der Waals surface area contributed by atoms with Gasteiger partial charge < -0.3 is 4.52 Å². The fourth-order valence-corrected chi connectivity index (χ4v) is 5.41. The van der Waals surface area contributed by atoms with E-state index in [2.05, 4.69) is 15.0 Å². The largest absolute Gasteiger partial charge is 0.359 e. The van der Waals surface area contributed by atoms with Crippen LogP contribution in [-0.2, 0) is 16.4 Å². The molecule has 0 spiro atoms. The summed E-state index contributed by atoms with van der Waals surface area (Å²) in [6, 6.07) is 12.0. The van der Waals surface area contributed by atoms with E-state index in [1.165, 1.54) is 10.7 Å². The van der Waals surface area contributed by atoms with Crippen molar-refractivity contribution in [2.24, 2.45) is 0 Å². The van der Waals surface area contributed by atoms with Crippen molar-refractivity contribution in [3.05, 3.63) is 80.1 Å². The van der Waals surface area contributed by atoms with Crippen LogP contribution in [-0.4, -0.2) is 29.9 Å². The molecule has 0 unspecified atom stereocenters. The lowest BCUT2D eigenvalue weighted by atomic mass is 10.1. The molecule has 3 aromatic heterocycles. The number of rotatable bonds is 7. The Morgan fingerprint density at radius 2 is 1.94 bits per heavy atom. The number of benzene rings is 1. The molecule has 4 rings (SSSR count). The van der Waals surface area contributed by atoms with E-state index in [1.54, 1.807) is 56.4 Å². The molecule has 4 aromatic rings. The van der Waals surface area contributed by atoms with E-state index >= 15 is 0 Å². The Bertz CT molecular complexity index is 1400. The summed E-state index contributed by atoms with van der Waals surface area (Å²) in [6.45, 7) is 5.48. The molecule has 0 saturated heterocycles. The lowest BCUT2D eigenvalue weighted by molar-refractivity contribution is 0.392. The quantitative estimate of drug-likeness (QED) is 0.444. The fourth-order valence-electron chi connectivity index (χ4n) is 3.40. The van der Waals surface area contributed by atoms with Crippen molar-refractivity contribution in [2.75, 3.05) is 6.54 Å². The van der Waals surface area contributed by atoms with E-state index < -0.39 is 10.0 Å². The molecule has 0 aliphatic carbocycles. The van der Waals surface area contributed by atoms with Crippen LogP contribution in [0.2, 0.25) is 0 Å². The lowest BCUT2D eigenvalue weighted by Crippen LogP contribution is -2.26. The average Bonchev–Trinajstić information content (AvgIpc) is 3.38. The molecule has 0 fully saturated rings. The average molecular weight is 471 g/mol. The molecule has 8 nitrogen and oxygen atoms in total. The van der Waals surface area contributed by atoms with Gasteiger partial charge in [0.05, 0.1) is 10.6 Å². The van der Waals surface area contributed by atoms with Crippen LogP contribution >= 0.6 is 11.3 Å². The van der Waals surface area contributed by atoms with Gasteiger partial charge in [0.1, 0.15) is 11.4 Å². The highest BCUT2D eigenvalue weighted by atomic mass is 32.2. The molecular weight excluding hydrogens is 448 g/mol. The summed E-state index contributed by atoms with van der Waals surface area (Å²) in [4.78, 5) is 13.7. The normalized spacial score (nSPS) is 11.7. The molecule has 0 saturated carbocycles. The van der Waals surface area contributed by atoms with Gasteiger partial charge in [-0.15, -0.1) is 11.3 Å². The molecule has 0 aliphatic heterocycles. The molecule has 166 valence electrons. The second-order valence-corrected chi connectivity index (χ2v) is 10.1. The zero-order chi connectivity index (χ0) is 22.9. The third-order valence-corrected chi connectivity index (χ3v) is 7.56. The van der Waals surface area contributed by atoms with Gasteiger partial charge in [0.15, 0.2) is 5.76 Å². The first-order valence-corrected chi connectivity index (χ1v) is 12.3. The van der Waals surface area contributed by atoms with Crippen LogP contribution in [0.3, 0.4) is 0 Å². The van der Waals surface area contributed by atoms with Crippen LogP contribution in [0.1, 0.15) is 21.9 Å². The predicted molar refractivity (Wildman–Crippen MR) is 123 cm³/mol. The van der Waals surface area contributed by atoms with E-state index in [0.29, 0.717) is 46.9 Å². The second-order valence-electron chi connectivity index (χ2n) is 7.35. The first-order chi connectivity index (χ1) is 15.3. The highest BCUT2D eigenvalue weighted by molar-refractivity contribution is 7.89. The number of nitrogens with one attached hydrogen (secondary N) is 1. The number of hydrogen-bond donors (Lipinski definition) is 1. The smallest absolute Gasteiger partial charge is 0.271 e. The van der Waals surface area contributed by atoms with Crippen molar-refractivity contribution in [1.29, 1.82) is 0 Å². The molecule has 0 radical (unpaired) electrons. The summed E-state index contributed by atoms with van der Waals surface area (Å²) in [5.74, 6) is 0.469. The minimum Gasteiger partial charge on any atom is -0.359 e. The first kappa shape index (κ1) is 22.1. The van der Waals surface area contributed by atoms with E-state index in [4.69, 9.17) is 4.52 Å². The summed E-state index contributed by atoms with van der Waals surface area (Å²) in [5, 5.41) is 10.3. The van der Waals surface area contributed by atoms with Crippen molar-refractivity contribution >= 4 is 21.4 Å². The van der Waals surface area contributed by atoms with Crippen LogP contribution in [0.25, 0.3) is 16.9 Å². The van der Waals surface area contributed by atoms with Crippen molar-refractivity contribution < 1.29 is 12.9 Å². The minimum atomic E-state index is -3.72. The maximum Gasteiger partial charge on any atom is 0.271 e. The number of hydrogen-bond acceptors (Lipinski definition) is 7. The van der Waals surface area contributed by atoms with Gasteiger partial charge in [-0.1, -0.05) is 23.4 Å². The number of sulfonamides is 1. The molecule has 10 heteroatoms. The predicted octanol–water partition coefficient (Wildman–Crippen LogP) is 3.40. The first-order valence-electron chi connectivity index (χ1n) is 9.93. The van der Waals surface area contributed by atoms with Gasteiger partial charge in [0.25, 0.3) is 5.56 Å². The summed E-state index contributed by atoms with van der Waals surface area (Å²) in [7, 11) is -3.72. The molecular formula is C22H22N4O4S2. The standard InChI is InChI=1S/C22H22N4O4S2/c1-14-6-7-17(13-20(14)32(28,29)23-11-10-18-5-4-12-31-18)19-8-9-21(27)26(24-19)22-15(2)25-30-16(22)3/h4-9,12-13,23H,10-11H2,1-3H3. The Hall–Kier alpha value is -3.08. The summed E-state index contributed by atoms with van der Waals surface area (Å²) in [6.07, 6.45) is 0.625. The third kappa shape index (κ3) is 4.43. The molecule has 0 aliphatic rings. The Labute approximate surface area is 189 Å². The monoisotopic (exact) mass is 470 g/mol.